The van der Waals surface area contributed by atoms with E-state index < -0.39 is 0 Å². The van der Waals surface area contributed by atoms with Gasteiger partial charge < -0.3 is 14.1 Å². The number of nitrogens with zero attached hydrogens (tertiary/aromatic N) is 3. The van der Waals surface area contributed by atoms with Crippen LogP contribution < -0.4 is 0 Å². The van der Waals surface area contributed by atoms with E-state index in [1.165, 1.54) is 0 Å². The van der Waals surface area contributed by atoms with Gasteiger partial charge in [-0.2, -0.15) is 5.10 Å². The topological polar surface area (TPSA) is 60.5 Å². The average Bonchev–Trinajstić information content (AvgIpc) is 3.30. The van der Waals surface area contributed by atoms with Crippen molar-refractivity contribution in [3.05, 3.63) is 60.0 Å². The van der Waals surface area contributed by atoms with Gasteiger partial charge in [-0.25, -0.2) is 4.68 Å². The normalized spacial score (nSPS) is 20.0. The highest BCUT2D eigenvalue weighted by Gasteiger charge is 2.29. The number of hydrogen-bond donors (Lipinski definition) is 0. The zero-order valence-corrected chi connectivity index (χ0v) is 15.8. The number of furan rings is 1. The van der Waals surface area contributed by atoms with E-state index in [0.717, 1.165) is 11.3 Å². The molecule has 2 aromatic heterocycles. The van der Waals surface area contributed by atoms with Crippen LogP contribution in [0.5, 0.6) is 0 Å². The number of morpholine rings is 1. The lowest BCUT2D eigenvalue weighted by molar-refractivity contribution is -0.0588. The molecule has 1 aliphatic heterocycles. The summed E-state index contributed by atoms with van der Waals surface area (Å²) in [6.07, 6.45) is 1.63. The Bertz CT molecular complexity index is 918. The maximum absolute atomic E-state index is 13.3. The van der Waals surface area contributed by atoms with Crippen LogP contribution >= 0.6 is 0 Å². The Morgan fingerprint density at radius 3 is 2.44 bits per heavy atom. The molecule has 3 heterocycles. The number of hydrogen-bond acceptors (Lipinski definition) is 4. The van der Waals surface area contributed by atoms with Crippen molar-refractivity contribution in [2.45, 2.75) is 33.0 Å². The molecule has 0 aliphatic carbocycles. The lowest BCUT2D eigenvalue weighted by Gasteiger charge is -2.35. The molecule has 1 aromatic carbocycles. The molecule has 6 nitrogen and oxygen atoms in total. The van der Waals surface area contributed by atoms with Crippen molar-refractivity contribution in [1.29, 1.82) is 0 Å². The highest BCUT2D eigenvalue weighted by Crippen LogP contribution is 2.24. The minimum Gasteiger partial charge on any atom is -0.463 e. The molecule has 0 bridgehead atoms. The minimum absolute atomic E-state index is 0.0120. The van der Waals surface area contributed by atoms with Gasteiger partial charge in [-0.15, -0.1) is 0 Å². The first-order valence-corrected chi connectivity index (χ1v) is 9.17. The summed E-state index contributed by atoms with van der Waals surface area (Å²) in [5.74, 6) is 0.585. The van der Waals surface area contributed by atoms with Gasteiger partial charge in [0.25, 0.3) is 5.91 Å². The van der Waals surface area contributed by atoms with E-state index in [1.807, 2.05) is 62.1 Å². The van der Waals surface area contributed by atoms with Gasteiger partial charge in [-0.05, 0) is 45.0 Å². The first kappa shape index (κ1) is 17.5. The number of amides is 1. The summed E-state index contributed by atoms with van der Waals surface area (Å²) in [6.45, 7) is 7.14. The summed E-state index contributed by atoms with van der Waals surface area (Å²) in [5.41, 5.74) is 3.15. The fourth-order valence-corrected chi connectivity index (χ4v) is 3.47. The van der Waals surface area contributed by atoms with Crippen molar-refractivity contribution in [2.75, 3.05) is 13.1 Å². The first-order chi connectivity index (χ1) is 13.0. The zero-order valence-electron chi connectivity index (χ0n) is 15.8. The quantitative estimate of drug-likeness (QED) is 0.710. The van der Waals surface area contributed by atoms with Crippen molar-refractivity contribution < 1.29 is 13.9 Å². The summed E-state index contributed by atoms with van der Waals surface area (Å²) in [6, 6.07) is 13.4. The van der Waals surface area contributed by atoms with Crippen molar-refractivity contribution in [1.82, 2.24) is 14.7 Å². The second-order valence-electron chi connectivity index (χ2n) is 7.11. The molecule has 6 heteroatoms. The third kappa shape index (κ3) is 3.53. The van der Waals surface area contributed by atoms with Crippen LogP contribution in [0.4, 0.5) is 0 Å². The second kappa shape index (κ2) is 7.04. The molecule has 0 spiro atoms. The van der Waals surface area contributed by atoms with Crippen LogP contribution in [0.2, 0.25) is 0 Å². The van der Waals surface area contributed by atoms with E-state index in [-0.39, 0.29) is 18.1 Å². The Kier molecular flexibility index (Phi) is 4.58. The third-order valence-electron chi connectivity index (χ3n) is 4.69. The zero-order chi connectivity index (χ0) is 19.0. The van der Waals surface area contributed by atoms with E-state index in [0.29, 0.717) is 30.2 Å². The van der Waals surface area contributed by atoms with Gasteiger partial charge in [0, 0.05) is 19.2 Å². The smallest absolute Gasteiger partial charge is 0.272 e. The summed E-state index contributed by atoms with van der Waals surface area (Å²) < 4.78 is 12.9. The Morgan fingerprint density at radius 2 is 1.81 bits per heavy atom. The molecule has 27 heavy (non-hydrogen) atoms. The van der Waals surface area contributed by atoms with Crippen LogP contribution in [-0.2, 0) is 4.74 Å². The van der Waals surface area contributed by atoms with Crippen LogP contribution in [-0.4, -0.2) is 45.9 Å². The monoisotopic (exact) mass is 365 g/mol. The van der Waals surface area contributed by atoms with Crippen molar-refractivity contribution in [3.63, 3.8) is 0 Å². The Hall–Kier alpha value is -2.86. The number of carbonyl (C=O) groups is 1. The number of ether oxygens (including phenoxy) is 1. The third-order valence-corrected chi connectivity index (χ3v) is 4.69. The summed E-state index contributed by atoms with van der Waals surface area (Å²) >= 11 is 0. The minimum atomic E-state index is -0.0529. The average molecular weight is 365 g/mol. The van der Waals surface area contributed by atoms with Gasteiger partial charge in [0.15, 0.2) is 5.76 Å². The molecule has 3 aromatic rings. The molecule has 0 saturated carbocycles. The molecule has 140 valence electrons. The largest absolute Gasteiger partial charge is 0.463 e. The summed E-state index contributed by atoms with van der Waals surface area (Å²) in [4.78, 5) is 15.2. The van der Waals surface area contributed by atoms with E-state index in [1.54, 1.807) is 17.0 Å². The SMILES string of the molecule is Cc1ccc(-n2nc(-c3ccco3)cc2C(=O)N2CC(C)OC(C)C2)cc1. The van der Waals surface area contributed by atoms with Crippen LogP contribution in [0.1, 0.15) is 29.9 Å². The van der Waals surface area contributed by atoms with Crippen molar-refractivity contribution >= 4 is 5.91 Å². The highest BCUT2D eigenvalue weighted by molar-refractivity contribution is 5.94. The predicted molar refractivity (Wildman–Crippen MR) is 102 cm³/mol. The lowest BCUT2D eigenvalue weighted by atomic mass is 10.2. The van der Waals surface area contributed by atoms with Crippen molar-refractivity contribution in [2.24, 2.45) is 0 Å². The Morgan fingerprint density at radius 1 is 1.11 bits per heavy atom. The number of rotatable bonds is 3. The molecule has 1 fully saturated rings. The lowest BCUT2D eigenvalue weighted by Crippen LogP contribution is -2.48. The number of carbonyl (C=O) groups excluding carboxylic acids is 1. The fourth-order valence-electron chi connectivity index (χ4n) is 3.47. The van der Waals surface area contributed by atoms with Crippen LogP contribution in [0.3, 0.4) is 0 Å². The molecule has 2 atom stereocenters. The molecule has 1 saturated heterocycles. The van der Waals surface area contributed by atoms with E-state index in [4.69, 9.17) is 9.15 Å². The van der Waals surface area contributed by atoms with Gasteiger partial charge in [0.2, 0.25) is 0 Å². The summed E-state index contributed by atoms with van der Waals surface area (Å²) in [5, 5.41) is 4.65. The standard InChI is InChI=1S/C21H23N3O3/c1-14-6-8-17(9-7-14)24-19(11-18(22-24)20-5-4-10-26-20)21(25)23-12-15(2)27-16(3)13-23/h4-11,15-16H,12-13H2,1-3H3. The molecule has 1 aliphatic rings. The van der Waals surface area contributed by atoms with Crippen LogP contribution in [0.15, 0.2) is 53.1 Å². The second-order valence-corrected chi connectivity index (χ2v) is 7.11. The van der Waals surface area contributed by atoms with Gasteiger partial charge in [0.05, 0.1) is 24.2 Å². The van der Waals surface area contributed by atoms with Crippen LogP contribution in [0.25, 0.3) is 17.1 Å². The number of benzene rings is 1. The van der Waals surface area contributed by atoms with Gasteiger partial charge >= 0.3 is 0 Å². The number of aromatic nitrogens is 2. The highest BCUT2D eigenvalue weighted by atomic mass is 16.5. The maximum Gasteiger partial charge on any atom is 0.272 e. The fraction of sp³-hybridized carbons (Fsp3) is 0.333. The molecular weight excluding hydrogens is 342 g/mol. The molecule has 2 unspecified atom stereocenters. The molecular formula is C21H23N3O3. The van der Waals surface area contributed by atoms with E-state index in [9.17, 15) is 4.79 Å². The Balaban J connectivity index is 1.76. The Labute approximate surface area is 158 Å². The van der Waals surface area contributed by atoms with Crippen molar-refractivity contribution in [3.8, 4) is 17.1 Å². The molecule has 0 N–H and O–H groups in total. The molecule has 4 rings (SSSR count). The first-order valence-electron chi connectivity index (χ1n) is 9.17. The predicted octanol–water partition coefficient (Wildman–Crippen LogP) is 3.69. The van der Waals surface area contributed by atoms with Gasteiger partial charge in [0.1, 0.15) is 11.4 Å². The molecule has 1 amide bonds. The number of aryl methyl sites for hydroxylation is 1. The van der Waals surface area contributed by atoms with E-state index >= 15 is 0 Å². The summed E-state index contributed by atoms with van der Waals surface area (Å²) in [7, 11) is 0. The maximum atomic E-state index is 13.3. The van der Waals surface area contributed by atoms with E-state index in [2.05, 4.69) is 5.10 Å². The van der Waals surface area contributed by atoms with Gasteiger partial charge in [-0.1, -0.05) is 17.7 Å². The van der Waals surface area contributed by atoms with Crippen LogP contribution in [0, 0.1) is 6.92 Å². The van der Waals surface area contributed by atoms with Gasteiger partial charge in [-0.3, -0.25) is 4.79 Å². The molecule has 0 radical (unpaired) electrons.